The minimum absolute atomic E-state index is 0.460. The van der Waals surface area contributed by atoms with Gasteiger partial charge >= 0.3 is 0 Å². The third kappa shape index (κ3) is 7.47. The van der Waals surface area contributed by atoms with E-state index in [2.05, 4.69) is 28.1 Å². The molecule has 0 amide bonds. The molecule has 24 heavy (non-hydrogen) atoms. The Morgan fingerprint density at radius 3 is 2.25 bits per heavy atom. The van der Waals surface area contributed by atoms with Gasteiger partial charge in [-0.1, -0.05) is 18.2 Å². The van der Waals surface area contributed by atoms with E-state index in [-0.39, 0.29) is 0 Å². The number of thiocarbonyl (C=S) groups is 2. The molecular formula is C16H24N4O2S2. The molecule has 0 atom stereocenters. The lowest BCUT2D eigenvalue weighted by atomic mass is 10.1. The van der Waals surface area contributed by atoms with Crippen LogP contribution in [0.2, 0.25) is 0 Å². The molecule has 132 valence electrons. The van der Waals surface area contributed by atoms with Crippen LogP contribution in [0.5, 0.6) is 11.5 Å². The van der Waals surface area contributed by atoms with Crippen molar-refractivity contribution in [2.24, 2.45) is 0 Å². The highest BCUT2D eigenvalue weighted by molar-refractivity contribution is 7.80. The van der Waals surface area contributed by atoms with Gasteiger partial charge in [0, 0.05) is 13.1 Å². The van der Waals surface area contributed by atoms with E-state index < -0.39 is 0 Å². The molecule has 1 aromatic carbocycles. The number of benzene rings is 1. The van der Waals surface area contributed by atoms with Crippen LogP contribution < -0.4 is 31.0 Å². The Morgan fingerprint density at radius 1 is 1.04 bits per heavy atom. The summed E-state index contributed by atoms with van der Waals surface area (Å²) in [5, 5.41) is 7.01. The summed E-state index contributed by atoms with van der Waals surface area (Å²) >= 11 is 10.3. The highest BCUT2D eigenvalue weighted by Gasteiger charge is 2.04. The Morgan fingerprint density at radius 2 is 1.67 bits per heavy atom. The van der Waals surface area contributed by atoms with Crippen molar-refractivity contribution in [3.8, 4) is 11.5 Å². The molecule has 1 aromatic rings. The van der Waals surface area contributed by atoms with Crippen molar-refractivity contribution in [2.75, 3.05) is 27.3 Å². The van der Waals surface area contributed by atoms with Gasteiger partial charge in [0.2, 0.25) is 0 Å². The summed E-state index contributed by atoms with van der Waals surface area (Å²) in [7, 11) is 3.24. The van der Waals surface area contributed by atoms with E-state index >= 15 is 0 Å². The predicted octanol–water partition coefficient (Wildman–Crippen LogP) is 1.67. The second-order valence-electron chi connectivity index (χ2n) is 5.09. The molecule has 0 bridgehead atoms. The van der Waals surface area contributed by atoms with E-state index in [1.165, 1.54) is 0 Å². The minimum atomic E-state index is 0.460. The van der Waals surface area contributed by atoms with Gasteiger partial charge in [0.05, 0.1) is 14.2 Å². The third-order valence-electron chi connectivity index (χ3n) is 2.99. The van der Waals surface area contributed by atoms with Crippen LogP contribution in [-0.4, -0.2) is 37.5 Å². The lowest BCUT2D eigenvalue weighted by molar-refractivity contribution is 0.354. The molecule has 0 heterocycles. The number of hydrogen-bond donors (Lipinski definition) is 4. The summed E-state index contributed by atoms with van der Waals surface area (Å²) < 4.78 is 10.5. The Hall–Kier alpha value is -2.06. The largest absolute Gasteiger partial charge is 0.493 e. The minimum Gasteiger partial charge on any atom is -0.493 e. The van der Waals surface area contributed by atoms with Gasteiger partial charge < -0.3 is 20.1 Å². The lowest BCUT2D eigenvalue weighted by Gasteiger charge is -2.14. The van der Waals surface area contributed by atoms with Crippen LogP contribution in [0.15, 0.2) is 30.4 Å². The van der Waals surface area contributed by atoms with Crippen LogP contribution in [0.4, 0.5) is 0 Å². The monoisotopic (exact) mass is 368 g/mol. The molecule has 0 saturated carbocycles. The van der Waals surface area contributed by atoms with Crippen molar-refractivity contribution in [2.45, 2.75) is 13.3 Å². The zero-order chi connectivity index (χ0) is 17.9. The highest BCUT2D eigenvalue weighted by Crippen LogP contribution is 2.27. The van der Waals surface area contributed by atoms with Crippen molar-refractivity contribution < 1.29 is 9.47 Å². The number of nitrogens with one attached hydrogen (secondary N) is 4. The molecule has 0 aliphatic carbocycles. The number of rotatable bonds is 7. The molecule has 0 aliphatic heterocycles. The van der Waals surface area contributed by atoms with Crippen LogP contribution in [0, 0.1) is 0 Å². The zero-order valence-corrected chi connectivity index (χ0v) is 15.8. The summed E-state index contributed by atoms with van der Waals surface area (Å²) in [6.07, 6.45) is 0.792. The normalized spacial score (nSPS) is 9.62. The second-order valence-corrected chi connectivity index (χ2v) is 5.90. The van der Waals surface area contributed by atoms with Crippen LogP contribution in [0.3, 0.4) is 0 Å². The Balaban J connectivity index is 2.30. The van der Waals surface area contributed by atoms with E-state index in [1.54, 1.807) is 14.2 Å². The first-order valence-electron chi connectivity index (χ1n) is 7.39. The van der Waals surface area contributed by atoms with Gasteiger partial charge in [-0.15, -0.1) is 0 Å². The van der Waals surface area contributed by atoms with Gasteiger partial charge in [0.15, 0.2) is 21.7 Å². The van der Waals surface area contributed by atoms with Gasteiger partial charge in [-0.2, -0.15) is 0 Å². The molecule has 0 unspecified atom stereocenters. The standard InChI is InChI=1S/C16H24N4O2S2/c1-11(2)10-18-16(24)20-19-15(23)17-8-7-12-5-6-13(21-3)14(9-12)22-4/h5-6,9H,1,7-8,10H2,2-4H3,(H2,17,19,23)(H2,18,20,24). The van der Waals surface area contributed by atoms with E-state index in [0.29, 0.717) is 34.8 Å². The summed E-state index contributed by atoms with van der Waals surface area (Å²) in [4.78, 5) is 0. The molecule has 4 N–H and O–H groups in total. The number of hydrogen-bond acceptors (Lipinski definition) is 4. The Bertz CT molecular complexity index is 593. The topological polar surface area (TPSA) is 66.6 Å². The summed E-state index contributed by atoms with van der Waals surface area (Å²) in [6.45, 7) is 7.00. The van der Waals surface area contributed by atoms with Gasteiger partial charge in [-0.25, -0.2) is 0 Å². The lowest BCUT2D eigenvalue weighted by Crippen LogP contribution is -2.50. The smallest absolute Gasteiger partial charge is 0.185 e. The summed E-state index contributed by atoms with van der Waals surface area (Å²) in [6, 6.07) is 5.83. The number of methoxy groups -OCH3 is 2. The molecule has 0 fully saturated rings. The first-order valence-corrected chi connectivity index (χ1v) is 8.21. The first kappa shape index (κ1) is 20.0. The Labute approximate surface area is 154 Å². The average Bonchev–Trinajstić information content (AvgIpc) is 2.57. The molecule has 0 spiro atoms. The molecule has 0 saturated heterocycles. The molecule has 1 rings (SSSR count). The van der Waals surface area contributed by atoms with E-state index in [1.807, 2.05) is 25.1 Å². The second kappa shape index (κ2) is 10.7. The van der Waals surface area contributed by atoms with E-state index in [4.69, 9.17) is 33.9 Å². The highest BCUT2D eigenvalue weighted by atomic mass is 32.1. The van der Waals surface area contributed by atoms with Crippen molar-refractivity contribution in [3.63, 3.8) is 0 Å². The molecule has 0 radical (unpaired) electrons. The molecule has 0 aromatic heterocycles. The van der Waals surface area contributed by atoms with Crippen molar-refractivity contribution in [1.82, 2.24) is 21.5 Å². The van der Waals surface area contributed by atoms with Gasteiger partial charge in [0.25, 0.3) is 0 Å². The van der Waals surface area contributed by atoms with Gasteiger partial charge in [-0.05, 0) is 55.5 Å². The first-order chi connectivity index (χ1) is 11.5. The quantitative estimate of drug-likeness (QED) is 0.329. The SMILES string of the molecule is C=C(C)CNC(=S)NNC(=S)NCCc1ccc(OC)c(OC)c1. The van der Waals surface area contributed by atoms with Gasteiger partial charge in [-0.3, -0.25) is 10.9 Å². The zero-order valence-electron chi connectivity index (χ0n) is 14.2. The summed E-state index contributed by atoms with van der Waals surface area (Å²) in [5.41, 5.74) is 7.75. The maximum absolute atomic E-state index is 5.29. The van der Waals surface area contributed by atoms with Crippen LogP contribution in [-0.2, 0) is 6.42 Å². The molecule has 8 heteroatoms. The van der Waals surface area contributed by atoms with Crippen LogP contribution >= 0.6 is 24.4 Å². The molecule has 0 aliphatic rings. The maximum atomic E-state index is 5.29. The maximum Gasteiger partial charge on any atom is 0.185 e. The average molecular weight is 369 g/mol. The van der Waals surface area contributed by atoms with E-state index in [0.717, 1.165) is 17.6 Å². The molecule has 6 nitrogen and oxygen atoms in total. The van der Waals surface area contributed by atoms with Crippen LogP contribution in [0.25, 0.3) is 0 Å². The van der Waals surface area contributed by atoms with Crippen molar-refractivity contribution in [1.29, 1.82) is 0 Å². The number of hydrazine groups is 1. The van der Waals surface area contributed by atoms with Gasteiger partial charge in [0.1, 0.15) is 0 Å². The molecular weight excluding hydrogens is 344 g/mol. The fraction of sp³-hybridized carbons (Fsp3) is 0.375. The predicted molar refractivity (Wildman–Crippen MR) is 106 cm³/mol. The van der Waals surface area contributed by atoms with Crippen molar-refractivity contribution in [3.05, 3.63) is 35.9 Å². The number of ether oxygens (including phenoxy) is 2. The van der Waals surface area contributed by atoms with Crippen molar-refractivity contribution >= 4 is 34.7 Å². The Kier molecular flexibility index (Phi) is 8.88. The van der Waals surface area contributed by atoms with E-state index in [9.17, 15) is 0 Å². The fourth-order valence-corrected chi connectivity index (χ4v) is 2.07. The van der Waals surface area contributed by atoms with Crippen LogP contribution in [0.1, 0.15) is 12.5 Å². The third-order valence-corrected chi connectivity index (χ3v) is 3.48. The summed E-state index contributed by atoms with van der Waals surface area (Å²) in [5.74, 6) is 1.43. The fourth-order valence-electron chi connectivity index (χ4n) is 1.79.